The lowest BCUT2D eigenvalue weighted by Crippen LogP contribution is -2.41. The number of ether oxygens (including phenoxy) is 1. The van der Waals surface area contributed by atoms with Crippen molar-refractivity contribution in [2.75, 3.05) is 37.7 Å². The molecule has 0 saturated carbocycles. The first-order valence-electron chi connectivity index (χ1n) is 8.33. The lowest BCUT2D eigenvalue weighted by molar-refractivity contribution is -0.121. The van der Waals surface area contributed by atoms with E-state index in [1.54, 1.807) is 4.90 Å². The summed E-state index contributed by atoms with van der Waals surface area (Å²) in [6.45, 7) is 3.39. The van der Waals surface area contributed by atoms with Crippen LogP contribution in [-0.2, 0) is 4.79 Å². The Kier molecular flexibility index (Phi) is 5.00. The molecule has 124 valence electrons. The highest BCUT2D eigenvalue weighted by Crippen LogP contribution is 2.31. The molecule has 2 N–H and O–H groups in total. The maximum atomic E-state index is 12.1. The first kappa shape index (κ1) is 15.6. The van der Waals surface area contributed by atoms with Gasteiger partial charge in [-0.25, -0.2) is 0 Å². The van der Waals surface area contributed by atoms with Crippen LogP contribution in [0, 0.1) is 0 Å². The number of likely N-dealkylation sites (tertiary alicyclic amines) is 1. The van der Waals surface area contributed by atoms with Crippen LogP contribution in [-0.4, -0.2) is 49.6 Å². The minimum atomic E-state index is -0.00307. The van der Waals surface area contributed by atoms with E-state index in [4.69, 9.17) is 10.5 Å². The van der Waals surface area contributed by atoms with Crippen molar-refractivity contribution >= 4 is 17.6 Å². The minimum absolute atomic E-state index is 0.00307. The molecule has 0 spiro atoms. The highest BCUT2D eigenvalue weighted by atomic mass is 16.5. The third-order valence-electron chi connectivity index (χ3n) is 4.30. The van der Waals surface area contributed by atoms with Gasteiger partial charge in [-0.1, -0.05) is 12.1 Å². The van der Waals surface area contributed by atoms with Crippen LogP contribution in [0.25, 0.3) is 0 Å². The lowest BCUT2D eigenvalue weighted by Gasteiger charge is -2.29. The number of hydrogen-bond donors (Lipinski definition) is 1. The summed E-state index contributed by atoms with van der Waals surface area (Å²) >= 11 is 0. The number of piperidine rings is 1. The van der Waals surface area contributed by atoms with Gasteiger partial charge in [0.05, 0.1) is 5.69 Å². The molecule has 0 aliphatic carbocycles. The second-order valence-corrected chi connectivity index (χ2v) is 5.94. The number of benzene rings is 1. The number of carbonyl (C=O) groups excluding carboxylic acids is 1. The molecule has 1 amide bonds. The first-order chi connectivity index (χ1) is 11.3. The predicted molar refractivity (Wildman–Crippen MR) is 90.8 cm³/mol. The number of amides is 1. The third-order valence-corrected chi connectivity index (χ3v) is 4.30. The molecule has 2 heterocycles. The lowest BCUT2D eigenvalue weighted by atomic mass is 10.1. The number of aliphatic imine (C=N–C) groups is 1. The number of rotatable bonds is 4. The van der Waals surface area contributed by atoms with E-state index in [9.17, 15) is 4.79 Å². The summed E-state index contributed by atoms with van der Waals surface area (Å²) in [7, 11) is 0. The molecule has 0 atom stereocenters. The highest BCUT2D eigenvalue weighted by Gasteiger charge is 2.24. The van der Waals surface area contributed by atoms with Gasteiger partial charge in [-0.15, -0.1) is 0 Å². The van der Waals surface area contributed by atoms with E-state index in [0.717, 1.165) is 30.9 Å². The van der Waals surface area contributed by atoms with Gasteiger partial charge < -0.3 is 20.3 Å². The zero-order valence-electron chi connectivity index (χ0n) is 13.4. The predicted octanol–water partition coefficient (Wildman–Crippen LogP) is 1.60. The van der Waals surface area contributed by atoms with E-state index in [1.165, 1.54) is 19.3 Å². The molecule has 0 aromatic heterocycles. The third kappa shape index (κ3) is 3.75. The molecular weight excluding hydrogens is 292 g/mol. The van der Waals surface area contributed by atoms with Gasteiger partial charge in [0, 0.05) is 26.2 Å². The van der Waals surface area contributed by atoms with Gasteiger partial charge in [0.1, 0.15) is 5.75 Å². The summed E-state index contributed by atoms with van der Waals surface area (Å²) in [5.41, 5.74) is 6.89. The van der Waals surface area contributed by atoms with E-state index in [0.29, 0.717) is 19.0 Å². The zero-order valence-corrected chi connectivity index (χ0v) is 13.4. The van der Waals surface area contributed by atoms with Crippen molar-refractivity contribution in [2.24, 2.45) is 10.7 Å². The number of guanidine groups is 1. The molecule has 0 bridgehead atoms. The minimum Gasteiger partial charge on any atom is -0.482 e. The summed E-state index contributed by atoms with van der Waals surface area (Å²) < 4.78 is 5.44. The molecule has 1 aromatic carbocycles. The molecule has 1 saturated heterocycles. The van der Waals surface area contributed by atoms with Gasteiger partial charge in [-0.3, -0.25) is 9.79 Å². The quantitative estimate of drug-likeness (QED) is 0.520. The van der Waals surface area contributed by atoms with Crippen molar-refractivity contribution in [1.29, 1.82) is 0 Å². The van der Waals surface area contributed by atoms with Crippen LogP contribution in [0.5, 0.6) is 5.75 Å². The fraction of sp³-hybridized carbons (Fsp3) is 0.529. The molecule has 2 aliphatic heterocycles. The number of fused-ring (bicyclic) bond motifs is 1. The molecule has 0 unspecified atom stereocenters. The summed E-state index contributed by atoms with van der Waals surface area (Å²) in [5, 5.41) is 0. The fourth-order valence-corrected chi connectivity index (χ4v) is 3.04. The van der Waals surface area contributed by atoms with E-state index in [1.807, 2.05) is 24.3 Å². The second-order valence-electron chi connectivity index (χ2n) is 5.94. The molecule has 1 aromatic rings. The Bertz CT molecular complexity index is 582. The van der Waals surface area contributed by atoms with Crippen LogP contribution >= 0.6 is 0 Å². The molecule has 3 rings (SSSR count). The standard InChI is InChI=1S/C17H24N4O2/c18-17(20-10-4-1-5-11-20)19-9-6-12-21-14-7-2-3-8-15(14)23-13-16(21)22/h2-3,7-8H,1,4-6,9-13H2,(H2,18,19). The van der Waals surface area contributed by atoms with Gasteiger partial charge in [0.25, 0.3) is 5.91 Å². The monoisotopic (exact) mass is 316 g/mol. The van der Waals surface area contributed by atoms with Crippen molar-refractivity contribution < 1.29 is 9.53 Å². The van der Waals surface area contributed by atoms with Crippen molar-refractivity contribution in [3.05, 3.63) is 24.3 Å². The number of nitrogens with two attached hydrogens (primary N) is 1. The Balaban J connectivity index is 1.53. The van der Waals surface area contributed by atoms with Crippen LogP contribution in [0.15, 0.2) is 29.3 Å². The van der Waals surface area contributed by atoms with Crippen LogP contribution in [0.2, 0.25) is 0 Å². The zero-order chi connectivity index (χ0) is 16.1. The van der Waals surface area contributed by atoms with Crippen molar-refractivity contribution in [3.63, 3.8) is 0 Å². The molecule has 6 nitrogen and oxygen atoms in total. The average molecular weight is 316 g/mol. The SMILES string of the molecule is NC(=NCCCN1C(=O)COc2ccccc21)N1CCCCC1. The summed E-state index contributed by atoms with van der Waals surface area (Å²) in [4.78, 5) is 20.5. The molecule has 0 radical (unpaired) electrons. The molecular formula is C17H24N4O2. The van der Waals surface area contributed by atoms with E-state index in [2.05, 4.69) is 9.89 Å². The molecule has 2 aliphatic rings. The molecule has 23 heavy (non-hydrogen) atoms. The summed E-state index contributed by atoms with van der Waals surface area (Å²) in [6.07, 6.45) is 4.45. The number of nitrogens with zero attached hydrogens (tertiary/aromatic N) is 3. The second kappa shape index (κ2) is 7.35. The van der Waals surface area contributed by atoms with E-state index < -0.39 is 0 Å². The van der Waals surface area contributed by atoms with Crippen molar-refractivity contribution in [3.8, 4) is 5.75 Å². The molecule has 1 fully saturated rings. The smallest absolute Gasteiger partial charge is 0.265 e. The Morgan fingerprint density at radius 2 is 2.00 bits per heavy atom. The Morgan fingerprint density at radius 1 is 1.22 bits per heavy atom. The number of anilines is 1. The van der Waals surface area contributed by atoms with Crippen LogP contribution in [0.4, 0.5) is 5.69 Å². The van der Waals surface area contributed by atoms with Crippen LogP contribution in [0.1, 0.15) is 25.7 Å². The van der Waals surface area contributed by atoms with Gasteiger partial charge in [0.2, 0.25) is 0 Å². The summed E-state index contributed by atoms with van der Waals surface area (Å²) in [6, 6.07) is 7.63. The topological polar surface area (TPSA) is 71.2 Å². The maximum absolute atomic E-state index is 12.1. The van der Waals surface area contributed by atoms with Gasteiger partial charge in [0.15, 0.2) is 12.6 Å². The van der Waals surface area contributed by atoms with Gasteiger partial charge in [-0.2, -0.15) is 0 Å². The Morgan fingerprint density at radius 3 is 2.83 bits per heavy atom. The van der Waals surface area contributed by atoms with E-state index >= 15 is 0 Å². The number of hydrogen-bond acceptors (Lipinski definition) is 3. The largest absolute Gasteiger partial charge is 0.482 e. The fourth-order valence-electron chi connectivity index (χ4n) is 3.04. The van der Waals surface area contributed by atoms with E-state index in [-0.39, 0.29) is 12.5 Å². The highest BCUT2D eigenvalue weighted by molar-refractivity contribution is 5.97. The molecule has 6 heteroatoms. The average Bonchev–Trinajstić information content (AvgIpc) is 2.60. The normalized spacial score (nSPS) is 18.6. The van der Waals surface area contributed by atoms with Crippen LogP contribution in [0.3, 0.4) is 0 Å². The first-order valence-corrected chi connectivity index (χ1v) is 8.33. The van der Waals surface area contributed by atoms with Gasteiger partial charge >= 0.3 is 0 Å². The van der Waals surface area contributed by atoms with Crippen LogP contribution < -0.4 is 15.4 Å². The Hall–Kier alpha value is -2.24. The van der Waals surface area contributed by atoms with Crippen molar-refractivity contribution in [1.82, 2.24) is 4.90 Å². The Labute approximate surface area is 136 Å². The number of carbonyl (C=O) groups is 1. The summed E-state index contributed by atoms with van der Waals surface area (Å²) in [5.74, 6) is 1.40. The number of para-hydroxylation sites is 2. The van der Waals surface area contributed by atoms with Gasteiger partial charge in [-0.05, 0) is 37.8 Å². The maximum Gasteiger partial charge on any atom is 0.265 e. The van der Waals surface area contributed by atoms with Crippen molar-refractivity contribution in [2.45, 2.75) is 25.7 Å².